The van der Waals surface area contributed by atoms with Gasteiger partial charge in [-0.2, -0.15) is 0 Å². The Morgan fingerprint density at radius 1 is 1.28 bits per heavy atom. The molecule has 0 aliphatic heterocycles. The number of halogens is 1. The van der Waals surface area contributed by atoms with Crippen LogP contribution in [0, 0.1) is 20.8 Å². The molecule has 0 fully saturated rings. The number of rotatable bonds is 6. The maximum atomic E-state index is 4.78. The van der Waals surface area contributed by atoms with Crippen molar-refractivity contribution in [2.45, 2.75) is 40.7 Å². The quantitative estimate of drug-likeness (QED) is 0.387. The first kappa shape index (κ1) is 21.9. The number of nitrogens with one attached hydrogen (secondary N) is 1. The molecule has 2 rings (SSSR count). The second-order valence-electron chi connectivity index (χ2n) is 6.13. The molecule has 2 aromatic rings. The molecule has 0 aliphatic rings. The van der Waals surface area contributed by atoms with Crippen molar-refractivity contribution >= 4 is 41.3 Å². The van der Waals surface area contributed by atoms with Gasteiger partial charge in [0.25, 0.3) is 0 Å². The lowest BCUT2D eigenvalue weighted by atomic mass is 10.0. The average Bonchev–Trinajstić information content (AvgIpc) is 2.93. The fraction of sp³-hybridized carbons (Fsp3) is 0.474. The molecule has 1 heterocycles. The van der Waals surface area contributed by atoms with Crippen LogP contribution in [0.15, 0.2) is 28.6 Å². The third kappa shape index (κ3) is 6.93. The van der Waals surface area contributed by atoms with Crippen molar-refractivity contribution in [3.8, 4) is 0 Å². The second kappa shape index (κ2) is 10.8. The SMILES string of the molecule is CCNC(=NCCc1ccc(C)cc1C)N(C)Cc1csc(C)n1.I. The van der Waals surface area contributed by atoms with Crippen LogP contribution in [0.1, 0.15) is 34.3 Å². The summed E-state index contributed by atoms with van der Waals surface area (Å²) in [6.07, 6.45) is 0.963. The van der Waals surface area contributed by atoms with Crippen LogP contribution in [0.3, 0.4) is 0 Å². The first-order valence-electron chi connectivity index (χ1n) is 8.46. The predicted octanol–water partition coefficient (Wildman–Crippen LogP) is 4.33. The molecule has 25 heavy (non-hydrogen) atoms. The van der Waals surface area contributed by atoms with Gasteiger partial charge in [0.2, 0.25) is 0 Å². The van der Waals surface area contributed by atoms with Crippen molar-refractivity contribution in [1.29, 1.82) is 0 Å². The van der Waals surface area contributed by atoms with Crippen molar-refractivity contribution in [2.75, 3.05) is 20.1 Å². The van der Waals surface area contributed by atoms with Gasteiger partial charge in [-0.05, 0) is 45.2 Å². The van der Waals surface area contributed by atoms with Crippen LogP contribution in [-0.2, 0) is 13.0 Å². The van der Waals surface area contributed by atoms with E-state index in [1.165, 1.54) is 16.7 Å². The monoisotopic (exact) mass is 472 g/mol. The number of aromatic nitrogens is 1. The summed E-state index contributed by atoms with van der Waals surface area (Å²) in [6.45, 7) is 10.9. The van der Waals surface area contributed by atoms with Gasteiger partial charge in [-0.1, -0.05) is 23.8 Å². The van der Waals surface area contributed by atoms with Gasteiger partial charge in [-0.3, -0.25) is 4.99 Å². The largest absolute Gasteiger partial charge is 0.357 e. The second-order valence-corrected chi connectivity index (χ2v) is 7.19. The summed E-state index contributed by atoms with van der Waals surface area (Å²) in [5.41, 5.74) is 5.13. The highest BCUT2D eigenvalue weighted by atomic mass is 127. The van der Waals surface area contributed by atoms with E-state index >= 15 is 0 Å². The minimum Gasteiger partial charge on any atom is -0.357 e. The number of hydrogen-bond donors (Lipinski definition) is 1. The fourth-order valence-corrected chi connectivity index (χ4v) is 3.28. The van der Waals surface area contributed by atoms with E-state index in [-0.39, 0.29) is 24.0 Å². The predicted molar refractivity (Wildman–Crippen MR) is 119 cm³/mol. The van der Waals surface area contributed by atoms with E-state index in [9.17, 15) is 0 Å². The number of aliphatic imine (C=N–C) groups is 1. The molecule has 0 spiro atoms. The number of nitrogens with zero attached hydrogens (tertiary/aromatic N) is 3. The van der Waals surface area contributed by atoms with Gasteiger partial charge in [0.1, 0.15) is 0 Å². The Balaban J connectivity index is 0.00000312. The zero-order valence-corrected chi connectivity index (χ0v) is 18.9. The van der Waals surface area contributed by atoms with E-state index in [0.717, 1.165) is 42.7 Å². The molecule has 1 aromatic carbocycles. The highest BCUT2D eigenvalue weighted by molar-refractivity contribution is 14.0. The van der Waals surface area contributed by atoms with E-state index < -0.39 is 0 Å². The normalized spacial score (nSPS) is 11.2. The third-order valence-corrected chi connectivity index (χ3v) is 4.73. The Labute approximate surface area is 172 Å². The van der Waals surface area contributed by atoms with Crippen LogP contribution < -0.4 is 5.32 Å². The number of thiazole rings is 1. The standard InChI is InChI=1S/C19H28N4S.HI/c1-6-20-19(23(5)12-18-13-24-16(4)22-18)21-10-9-17-8-7-14(2)11-15(17)3;/h7-8,11,13H,6,9-10,12H2,1-5H3,(H,20,21);1H. The van der Waals surface area contributed by atoms with Crippen LogP contribution in [0.4, 0.5) is 0 Å². The Morgan fingerprint density at radius 3 is 2.64 bits per heavy atom. The molecule has 4 nitrogen and oxygen atoms in total. The van der Waals surface area contributed by atoms with Crippen LogP contribution in [0.25, 0.3) is 0 Å². The number of hydrogen-bond acceptors (Lipinski definition) is 3. The van der Waals surface area contributed by atoms with Gasteiger partial charge in [0.05, 0.1) is 17.2 Å². The summed E-state index contributed by atoms with van der Waals surface area (Å²) in [4.78, 5) is 11.5. The number of aryl methyl sites for hydroxylation is 3. The van der Waals surface area contributed by atoms with E-state index in [4.69, 9.17) is 4.99 Å². The summed E-state index contributed by atoms with van der Waals surface area (Å²) >= 11 is 1.69. The Bertz CT molecular complexity index is 696. The highest BCUT2D eigenvalue weighted by Crippen LogP contribution is 2.12. The van der Waals surface area contributed by atoms with Gasteiger partial charge in [-0.15, -0.1) is 35.3 Å². The molecule has 0 unspecified atom stereocenters. The number of benzene rings is 1. The summed E-state index contributed by atoms with van der Waals surface area (Å²) in [5.74, 6) is 0.938. The topological polar surface area (TPSA) is 40.5 Å². The molecule has 0 atom stereocenters. The maximum Gasteiger partial charge on any atom is 0.194 e. The molecule has 0 amide bonds. The molecule has 1 N–H and O–H groups in total. The third-order valence-electron chi connectivity index (χ3n) is 3.90. The van der Waals surface area contributed by atoms with Gasteiger partial charge in [0, 0.05) is 25.5 Å². The van der Waals surface area contributed by atoms with Crippen LogP contribution in [0.2, 0.25) is 0 Å². The van der Waals surface area contributed by atoms with Crippen molar-refractivity contribution in [2.24, 2.45) is 4.99 Å². The molecule has 0 saturated carbocycles. The minimum absolute atomic E-state index is 0. The van der Waals surface area contributed by atoms with Gasteiger partial charge < -0.3 is 10.2 Å². The van der Waals surface area contributed by atoms with Gasteiger partial charge in [0.15, 0.2) is 5.96 Å². The van der Waals surface area contributed by atoms with Crippen LogP contribution in [0.5, 0.6) is 0 Å². The van der Waals surface area contributed by atoms with E-state index in [1.54, 1.807) is 11.3 Å². The maximum absolute atomic E-state index is 4.78. The van der Waals surface area contributed by atoms with Gasteiger partial charge >= 0.3 is 0 Å². The first-order chi connectivity index (χ1) is 11.5. The molecule has 1 aromatic heterocycles. The van der Waals surface area contributed by atoms with Gasteiger partial charge in [-0.25, -0.2) is 4.98 Å². The van der Waals surface area contributed by atoms with Crippen LogP contribution >= 0.6 is 35.3 Å². The molecule has 0 saturated heterocycles. The first-order valence-corrected chi connectivity index (χ1v) is 9.34. The summed E-state index contributed by atoms with van der Waals surface area (Å²) in [7, 11) is 2.06. The van der Waals surface area contributed by atoms with Crippen LogP contribution in [-0.4, -0.2) is 36.0 Å². The average molecular weight is 472 g/mol. The molecule has 6 heteroatoms. The van der Waals surface area contributed by atoms with Crippen molar-refractivity contribution in [3.63, 3.8) is 0 Å². The van der Waals surface area contributed by atoms with Crippen molar-refractivity contribution in [3.05, 3.63) is 51.0 Å². The zero-order chi connectivity index (χ0) is 17.5. The summed E-state index contributed by atoms with van der Waals surface area (Å²) in [5, 5.41) is 6.59. The van der Waals surface area contributed by atoms with E-state index in [1.807, 2.05) is 6.92 Å². The Kier molecular flexibility index (Phi) is 9.42. The molecule has 0 aliphatic carbocycles. The summed E-state index contributed by atoms with van der Waals surface area (Å²) in [6, 6.07) is 6.63. The lowest BCUT2D eigenvalue weighted by Gasteiger charge is -2.21. The molecule has 138 valence electrons. The summed E-state index contributed by atoms with van der Waals surface area (Å²) < 4.78 is 0. The highest BCUT2D eigenvalue weighted by Gasteiger charge is 2.08. The molecular formula is C19H29IN4S. The molecular weight excluding hydrogens is 443 g/mol. The Hall–Kier alpha value is -1.15. The Morgan fingerprint density at radius 2 is 2.04 bits per heavy atom. The minimum atomic E-state index is 0. The number of guanidine groups is 1. The molecule has 0 bridgehead atoms. The fourth-order valence-electron chi connectivity index (χ4n) is 2.68. The smallest absolute Gasteiger partial charge is 0.194 e. The molecule has 0 radical (unpaired) electrons. The lowest BCUT2D eigenvalue weighted by molar-refractivity contribution is 0.471. The van der Waals surface area contributed by atoms with Crippen molar-refractivity contribution < 1.29 is 0 Å². The van der Waals surface area contributed by atoms with E-state index in [0.29, 0.717) is 0 Å². The zero-order valence-electron chi connectivity index (χ0n) is 15.8. The lowest BCUT2D eigenvalue weighted by Crippen LogP contribution is -2.38. The van der Waals surface area contributed by atoms with E-state index in [2.05, 4.69) is 66.6 Å². The van der Waals surface area contributed by atoms with Crippen molar-refractivity contribution in [1.82, 2.24) is 15.2 Å².